The summed E-state index contributed by atoms with van der Waals surface area (Å²) in [7, 11) is 0. The predicted octanol–water partition coefficient (Wildman–Crippen LogP) is 3.83. The van der Waals surface area contributed by atoms with Gasteiger partial charge in [0.15, 0.2) is 0 Å². The number of carboxylic acids is 2. The average molecular weight is 350 g/mol. The molecule has 6 heteroatoms. The van der Waals surface area contributed by atoms with Crippen LogP contribution in [0.2, 0.25) is 0 Å². The monoisotopic (exact) mass is 350 g/mol. The van der Waals surface area contributed by atoms with Gasteiger partial charge in [0.2, 0.25) is 0 Å². The van der Waals surface area contributed by atoms with Gasteiger partial charge in [-0.2, -0.15) is 0 Å². The molecule has 0 saturated heterocycles. The molecule has 0 heterocycles. The highest BCUT2D eigenvalue weighted by atomic mass is 16.4. The van der Waals surface area contributed by atoms with Gasteiger partial charge in [-0.15, -0.1) is 0 Å². The Hall–Kier alpha value is -3.80. The number of hydrogen-bond donors (Lipinski definition) is 4. The van der Waals surface area contributed by atoms with E-state index in [1.807, 2.05) is 0 Å². The van der Waals surface area contributed by atoms with Crippen LogP contribution in [0.5, 0.6) is 11.5 Å². The van der Waals surface area contributed by atoms with Crippen LogP contribution in [0.4, 0.5) is 0 Å². The van der Waals surface area contributed by atoms with Gasteiger partial charge in [-0.05, 0) is 47.0 Å². The van der Waals surface area contributed by atoms with E-state index in [-0.39, 0.29) is 22.6 Å². The van der Waals surface area contributed by atoms with Crippen LogP contribution in [-0.2, 0) is 0 Å². The van der Waals surface area contributed by atoms with Crippen molar-refractivity contribution in [2.75, 3.05) is 0 Å². The number of benzene rings is 3. The zero-order chi connectivity index (χ0) is 18.8. The summed E-state index contributed by atoms with van der Waals surface area (Å²) in [6, 6.07) is 15.0. The van der Waals surface area contributed by atoms with Crippen LogP contribution in [0.3, 0.4) is 0 Å². The summed E-state index contributed by atoms with van der Waals surface area (Å²) in [6.07, 6.45) is 0. The quantitative estimate of drug-likeness (QED) is 0.568. The van der Waals surface area contributed by atoms with Crippen molar-refractivity contribution in [2.45, 2.75) is 0 Å². The summed E-state index contributed by atoms with van der Waals surface area (Å²) < 4.78 is 0. The van der Waals surface area contributed by atoms with Crippen LogP contribution in [0, 0.1) is 0 Å². The standard InChI is InChI=1S/C20H14O6/c21-16-3-1-2-14(13-8-9-15(20(25)26)17(22)10-13)18(16)11-4-6-12(7-5-11)19(23)24/h1-10,21-22H,(H,23,24)(H,25,26). The molecule has 0 saturated carbocycles. The van der Waals surface area contributed by atoms with E-state index >= 15 is 0 Å². The zero-order valence-electron chi connectivity index (χ0n) is 13.4. The maximum absolute atomic E-state index is 11.1. The third kappa shape index (κ3) is 3.08. The molecule has 3 aromatic carbocycles. The molecule has 26 heavy (non-hydrogen) atoms. The number of phenolic OH excluding ortho intramolecular Hbond substituents is 1. The van der Waals surface area contributed by atoms with Gasteiger partial charge in [0.05, 0.1) is 5.56 Å². The molecule has 0 aliphatic heterocycles. The van der Waals surface area contributed by atoms with Gasteiger partial charge in [0.25, 0.3) is 0 Å². The van der Waals surface area contributed by atoms with E-state index in [9.17, 15) is 19.8 Å². The lowest BCUT2D eigenvalue weighted by molar-refractivity contribution is 0.0684. The molecule has 0 amide bonds. The van der Waals surface area contributed by atoms with Gasteiger partial charge < -0.3 is 20.4 Å². The molecule has 0 aliphatic rings. The van der Waals surface area contributed by atoms with Crippen molar-refractivity contribution >= 4 is 11.9 Å². The van der Waals surface area contributed by atoms with Gasteiger partial charge in [-0.3, -0.25) is 0 Å². The van der Waals surface area contributed by atoms with E-state index in [4.69, 9.17) is 10.2 Å². The first-order valence-electron chi connectivity index (χ1n) is 7.61. The van der Waals surface area contributed by atoms with Crippen molar-refractivity contribution in [2.24, 2.45) is 0 Å². The first-order valence-corrected chi connectivity index (χ1v) is 7.61. The molecule has 4 N–H and O–H groups in total. The van der Waals surface area contributed by atoms with Gasteiger partial charge in [-0.1, -0.05) is 30.3 Å². The van der Waals surface area contributed by atoms with Gasteiger partial charge in [-0.25, -0.2) is 9.59 Å². The molecule has 0 fully saturated rings. The van der Waals surface area contributed by atoms with Crippen molar-refractivity contribution in [1.29, 1.82) is 0 Å². The maximum Gasteiger partial charge on any atom is 0.339 e. The van der Waals surface area contributed by atoms with E-state index in [1.54, 1.807) is 24.3 Å². The Kier molecular flexibility index (Phi) is 4.33. The normalized spacial score (nSPS) is 10.5. The lowest BCUT2D eigenvalue weighted by atomic mass is 9.92. The fourth-order valence-electron chi connectivity index (χ4n) is 2.74. The molecule has 0 aliphatic carbocycles. The van der Waals surface area contributed by atoms with E-state index in [2.05, 4.69) is 0 Å². The second-order valence-corrected chi connectivity index (χ2v) is 5.62. The molecule has 0 spiro atoms. The summed E-state index contributed by atoms with van der Waals surface area (Å²) in [6.45, 7) is 0. The van der Waals surface area contributed by atoms with Gasteiger partial charge >= 0.3 is 11.9 Å². The molecular weight excluding hydrogens is 336 g/mol. The van der Waals surface area contributed by atoms with Crippen LogP contribution >= 0.6 is 0 Å². The number of aromatic hydroxyl groups is 2. The lowest BCUT2D eigenvalue weighted by Gasteiger charge is -2.13. The minimum absolute atomic E-state index is 0.0209. The fourth-order valence-corrected chi connectivity index (χ4v) is 2.74. The molecule has 6 nitrogen and oxygen atoms in total. The second-order valence-electron chi connectivity index (χ2n) is 5.62. The molecule has 0 atom stereocenters. The molecule has 0 radical (unpaired) electrons. The van der Waals surface area contributed by atoms with Crippen LogP contribution in [0.1, 0.15) is 20.7 Å². The molecule has 3 aromatic rings. The Morgan fingerprint density at radius 2 is 1.35 bits per heavy atom. The molecular formula is C20H14O6. The molecule has 0 aromatic heterocycles. The number of aromatic carboxylic acids is 2. The van der Waals surface area contributed by atoms with E-state index in [0.717, 1.165) is 0 Å². The SMILES string of the molecule is O=C(O)c1ccc(-c2c(O)cccc2-c2ccc(C(=O)O)c(O)c2)cc1. The lowest BCUT2D eigenvalue weighted by Crippen LogP contribution is -1.97. The van der Waals surface area contributed by atoms with Crippen LogP contribution in [0.25, 0.3) is 22.3 Å². The van der Waals surface area contributed by atoms with Crippen LogP contribution in [-0.4, -0.2) is 32.4 Å². The molecule has 0 bridgehead atoms. The summed E-state index contributed by atoms with van der Waals surface area (Å²) >= 11 is 0. The largest absolute Gasteiger partial charge is 0.507 e. The smallest absolute Gasteiger partial charge is 0.339 e. The Labute approximate surface area is 148 Å². The first-order chi connectivity index (χ1) is 12.4. The number of phenols is 2. The van der Waals surface area contributed by atoms with E-state index in [1.165, 1.54) is 36.4 Å². The highest BCUT2D eigenvalue weighted by Crippen LogP contribution is 2.39. The maximum atomic E-state index is 11.1. The topological polar surface area (TPSA) is 115 Å². The van der Waals surface area contributed by atoms with Crippen molar-refractivity contribution < 1.29 is 30.0 Å². The number of rotatable bonds is 4. The van der Waals surface area contributed by atoms with Gasteiger partial charge in [0, 0.05) is 5.56 Å². The van der Waals surface area contributed by atoms with Gasteiger partial charge in [0.1, 0.15) is 17.1 Å². The third-order valence-corrected chi connectivity index (χ3v) is 4.00. The van der Waals surface area contributed by atoms with E-state index in [0.29, 0.717) is 22.3 Å². The Bertz CT molecular complexity index is 1010. The zero-order valence-corrected chi connectivity index (χ0v) is 13.4. The van der Waals surface area contributed by atoms with Crippen LogP contribution in [0.15, 0.2) is 60.7 Å². The Morgan fingerprint density at radius 1 is 0.692 bits per heavy atom. The van der Waals surface area contributed by atoms with Crippen molar-refractivity contribution in [3.63, 3.8) is 0 Å². The molecule has 3 rings (SSSR count). The number of hydrogen-bond acceptors (Lipinski definition) is 4. The minimum atomic E-state index is -1.24. The average Bonchev–Trinajstić information content (AvgIpc) is 2.61. The van der Waals surface area contributed by atoms with Crippen molar-refractivity contribution in [3.05, 3.63) is 71.8 Å². The van der Waals surface area contributed by atoms with E-state index < -0.39 is 11.9 Å². The summed E-state index contributed by atoms with van der Waals surface area (Å²) in [5, 5.41) is 38.3. The summed E-state index contributed by atoms with van der Waals surface area (Å²) in [5.41, 5.74) is 2.02. The van der Waals surface area contributed by atoms with Crippen LogP contribution < -0.4 is 0 Å². The Morgan fingerprint density at radius 3 is 1.92 bits per heavy atom. The predicted molar refractivity (Wildman–Crippen MR) is 94.6 cm³/mol. The molecule has 130 valence electrons. The minimum Gasteiger partial charge on any atom is -0.507 e. The second kappa shape index (κ2) is 6.60. The molecule has 0 unspecified atom stereocenters. The first kappa shape index (κ1) is 17.0. The van der Waals surface area contributed by atoms with Crippen molar-refractivity contribution in [3.8, 4) is 33.8 Å². The number of carbonyl (C=O) groups is 2. The highest BCUT2D eigenvalue weighted by molar-refractivity contribution is 5.94. The summed E-state index contributed by atoms with van der Waals surface area (Å²) in [4.78, 5) is 22.1. The highest BCUT2D eigenvalue weighted by Gasteiger charge is 2.16. The Balaban J connectivity index is 2.15. The van der Waals surface area contributed by atoms with Crippen molar-refractivity contribution in [1.82, 2.24) is 0 Å². The number of carboxylic acid groups (broad SMARTS) is 2. The fraction of sp³-hybridized carbons (Fsp3) is 0. The summed E-state index contributed by atoms with van der Waals surface area (Å²) in [5.74, 6) is -2.70. The third-order valence-electron chi connectivity index (χ3n) is 4.00.